The second-order valence-electron chi connectivity index (χ2n) is 4.20. The number of hydrogen-bond donors (Lipinski definition) is 0. The number of halogens is 1. The van der Waals surface area contributed by atoms with Crippen LogP contribution in [0.1, 0.15) is 21.7 Å². The zero-order valence-corrected chi connectivity index (χ0v) is 12.6. The molecule has 0 aliphatic heterocycles. The highest BCUT2D eigenvalue weighted by Crippen LogP contribution is 2.14. The van der Waals surface area contributed by atoms with Crippen molar-refractivity contribution in [1.29, 1.82) is 0 Å². The molecule has 0 saturated heterocycles. The number of carbonyl (C=O) groups is 1. The monoisotopic (exact) mass is 335 g/mol. The highest BCUT2D eigenvalue weighted by molar-refractivity contribution is 9.10. The minimum absolute atomic E-state index is 0.163. The molecule has 0 saturated carbocycles. The first-order chi connectivity index (χ1) is 9.61. The van der Waals surface area contributed by atoms with Gasteiger partial charge in [-0.05, 0) is 24.6 Å². The number of hydrogen-bond acceptors (Lipinski definition) is 4. The first-order valence-corrected chi connectivity index (χ1v) is 6.83. The van der Waals surface area contributed by atoms with E-state index in [0.29, 0.717) is 12.2 Å². The van der Waals surface area contributed by atoms with Crippen LogP contribution in [0.3, 0.4) is 0 Å². The Hall–Kier alpha value is -1.95. The third-order valence-corrected chi connectivity index (χ3v) is 3.22. The maximum Gasteiger partial charge on any atom is 0.361 e. The highest BCUT2D eigenvalue weighted by atomic mass is 79.9. The van der Waals surface area contributed by atoms with E-state index in [2.05, 4.69) is 32.8 Å². The largest absolute Gasteiger partial charge is 0.457 e. The second kappa shape index (κ2) is 6.47. The molecule has 0 aliphatic carbocycles. The molecule has 1 aromatic carbocycles. The number of benzene rings is 1. The van der Waals surface area contributed by atoms with Gasteiger partial charge in [-0.1, -0.05) is 45.9 Å². The zero-order valence-electron chi connectivity index (χ0n) is 11.0. The Morgan fingerprint density at radius 1 is 1.55 bits per heavy atom. The molecule has 0 aliphatic rings. The first-order valence-electron chi connectivity index (χ1n) is 6.04. The van der Waals surface area contributed by atoms with E-state index in [1.54, 1.807) is 11.6 Å². The molecular weight excluding hydrogens is 322 g/mol. The van der Waals surface area contributed by atoms with Crippen LogP contribution in [0.5, 0.6) is 0 Å². The van der Waals surface area contributed by atoms with Gasteiger partial charge in [0.2, 0.25) is 0 Å². The Balaban J connectivity index is 2.16. The summed E-state index contributed by atoms with van der Waals surface area (Å²) in [5, 5.41) is 7.87. The highest BCUT2D eigenvalue weighted by Gasteiger charge is 2.17. The molecule has 1 heterocycles. The van der Waals surface area contributed by atoms with E-state index in [1.165, 1.54) is 6.08 Å². The molecule has 0 spiro atoms. The number of carbonyl (C=O) groups excluding carboxylic acids is 1. The van der Waals surface area contributed by atoms with Crippen LogP contribution in [0.4, 0.5) is 0 Å². The van der Waals surface area contributed by atoms with Gasteiger partial charge in [-0.25, -0.2) is 9.48 Å². The van der Waals surface area contributed by atoms with Crippen molar-refractivity contribution in [2.75, 3.05) is 6.61 Å². The molecule has 0 N–H and O–H groups in total. The Morgan fingerprint density at radius 2 is 2.35 bits per heavy atom. The van der Waals surface area contributed by atoms with E-state index in [0.717, 1.165) is 10.0 Å². The van der Waals surface area contributed by atoms with Crippen LogP contribution in [-0.2, 0) is 11.3 Å². The standard InChI is InChI=1S/C14H14BrN3O2/c1-3-7-20-14(19)13-10(2)18(17-16-13)9-11-5-4-6-12(15)8-11/h3-6,8H,1,7,9H2,2H3. The van der Waals surface area contributed by atoms with Gasteiger partial charge in [-0.3, -0.25) is 0 Å². The molecule has 2 rings (SSSR count). The summed E-state index contributed by atoms with van der Waals surface area (Å²) in [6.45, 7) is 6.00. The molecule has 0 fully saturated rings. The molecule has 104 valence electrons. The lowest BCUT2D eigenvalue weighted by molar-refractivity contribution is 0.0542. The van der Waals surface area contributed by atoms with Crippen LogP contribution >= 0.6 is 15.9 Å². The SMILES string of the molecule is C=CCOC(=O)c1nnn(Cc2cccc(Br)c2)c1C. The van der Waals surface area contributed by atoms with Crippen molar-refractivity contribution in [2.45, 2.75) is 13.5 Å². The van der Waals surface area contributed by atoms with Gasteiger partial charge in [0.1, 0.15) is 6.61 Å². The molecule has 1 aromatic heterocycles. The smallest absolute Gasteiger partial charge is 0.361 e. The van der Waals surface area contributed by atoms with Crippen LogP contribution in [0.25, 0.3) is 0 Å². The van der Waals surface area contributed by atoms with Crippen molar-refractivity contribution in [3.8, 4) is 0 Å². The summed E-state index contributed by atoms with van der Waals surface area (Å²) in [6.07, 6.45) is 1.51. The van der Waals surface area contributed by atoms with E-state index in [-0.39, 0.29) is 12.3 Å². The van der Waals surface area contributed by atoms with Crippen molar-refractivity contribution in [3.63, 3.8) is 0 Å². The lowest BCUT2D eigenvalue weighted by Gasteiger charge is -2.04. The molecule has 6 heteroatoms. The topological polar surface area (TPSA) is 57.0 Å². The van der Waals surface area contributed by atoms with E-state index >= 15 is 0 Å². The maximum atomic E-state index is 11.8. The van der Waals surface area contributed by atoms with E-state index in [1.807, 2.05) is 24.3 Å². The summed E-state index contributed by atoms with van der Waals surface area (Å²) in [5.74, 6) is -0.483. The third-order valence-electron chi connectivity index (χ3n) is 2.73. The summed E-state index contributed by atoms with van der Waals surface area (Å²) in [5.41, 5.74) is 1.99. The number of rotatable bonds is 5. The maximum absolute atomic E-state index is 11.8. The van der Waals surface area contributed by atoms with Crippen LogP contribution in [-0.4, -0.2) is 27.6 Å². The lowest BCUT2D eigenvalue weighted by atomic mass is 10.2. The van der Waals surface area contributed by atoms with Gasteiger partial charge in [0.15, 0.2) is 5.69 Å². The molecule has 0 amide bonds. The predicted molar refractivity (Wildman–Crippen MR) is 78.5 cm³/mol. The summed E-state index contributed by atoms with van der Waals surface area (Å²) in [4.78, 5) is 11.8. The number of aromatic nitrogens is 3. The van der Waals surface area contributed by atoms with E-state index < -0.39 is 5.97 Å². The van der Waals surface area contributed by atoms with Crippen molar-refractivity contribution >= 4 is 21.9 Å². The summed E-state index contributed by atoms with van der Waals surface area (Å²) < 4.78 is 7.63. The Bertz CT molecular complexity index is 637. The number of ether oxygens (including phenoxy) is 1. The van der Waals surface area contributed by atoms with Crippen LogP contribution < -0.4 is 0 Å². The molecular formula is C14H14BrN3O2. The normalized spacial score (nSPS) is 10.3. The van der Waals surface area contributed by atoms with Crippen molar-refractivity contribution < 1.29 is 9.53 Å². The molecule has 0 radical (unpaired) electrons. The molecule has 0 atom stereocenters. The van der Waals surface area contributed by atoms with Gasteiger partial charge < -0.3 is 4.74 Å². The second-order valence-corrected chi connectivity index (χ2v) is 5.11. The van der Waals surface area contributed by atoms with Crippen molar-refractivity contribution in [3.05, 3.63) is 58.3 Å². The fraction of sp³-hybridized carbons (Fsp3) is 0.214. The van der Waals surface area contributed by atoms with E-state index in [9.17, 15) is 4.79 Å². The van der Waals surface area contributed by atoms with Gasteiger partial charge in [0.05, 0.1) is 12.2 Å². The fourth-order valence-corrected chi connectivity index (χ4v) is 2.16. The van der Waals surface area contributed by atoms with Gasteiger partial charge in [-0.2, -0.15) is 0 Å². The fourth-order valence-electron chi connectivity index (χ4n) is 1.71. The van der Waals surface area contributed by atoms with Crippen LogP contribution in [0.2, 0.25) is 0 Å². The predicted octanol–water partition coefficient (Wildman–Crippen LogP) is 2.74. The molecule has 2 aromatic rings. The Morgan fingerprint density at radius 3 is 3.05 bits per heavy atom. The first kappa shape index (κ1) is 14.5. The van der Waals surface area contributed by atoms with Crippen LogP contribution in [0.15, 0.2) is 41.4 Å². The molecule has 0 bridgehead atoms. The van der Waals surface area contributed by atoms with Crippen molar-refractivity contribution in [2.24, 2.45) is 0 Å². The third kappa shape index (κ3) is 3.33. The van der Waals surface area contributed by atoms with Crippen LogP contribution in [0, 0.1) is 6.92 Å². The van der Waals surface area contributed by atoms with Crippen molar-refractivity contribution in [1.82, 2.24) is 15.0 Å². The van der Waals surface area contributed by atoms with Gasteiger partial charge in [-0.15, -0.1) is 5.10 Å². The van der Waals surface area contributed by atoms with Gasteiger partial charge in [0.25, 0.3) is 0 Å². The van der Waals surface area contributed by atoms with Gasteiger partial charge in [0, 0.05) is 4.47 Å². The quantitative estimate of drug-likeness (QED) is 0.622. The average molecular weight is 336 g/mol. The molecule has 20 heavy (non-hydrogen) atoms. The number of esters is 1. The summed E-state index contributed by atoms with van der Waals surface area (Å²) in [7, 11) is 0. The van der Waals surface area contributed by atoms with E-state index in [4.69, 9.17) is 4.74 Å². The van der Waals surface area contributed by atoms with Gasteiger partial charge >= 0.3 is 5.97 Å². The molecule has 0 unspecified atom stereocenters. The minimum Gasteiger partial charge on any atom is -0.457 e. The minimum atomic E-state index is -0.483. The average Bonchev–Trinajstić information content (AvgIpc) is 2.78. The Labute approximate surface area is 125 Å². The zero-order chi connectivity index (χ0) is 14.5. The lowest BCUT2D eigenvalue weighted by Crippen LogP contribution is -2.09. The summed E-state index contributed by atoms with van der Waals surface area (Å²) >= 11 is 3.42. The number of nitrogens with zero attached hydrogens (tertiary/aromatic N) is 3. The Kier molecular flexibility index (Phi) is 4.68. The summed E-state index contributed by atoms with van der Waals surface area (Å²) in [6, 6.07) is 7.89. The molecule has 5 nitrogen and oxygen atoms in total.